The first kappa shape index (κ1) is 11.1. The molecule has 0 fully saturated rings. The van der Waals surface area contributed by atoms with Gasteiger partial charge in [-0.25, -0.2) is 0 Å². The van der Waals surface area contributed by atoms with E-state index >= 15 is 0 Å². The number of hydrogen-bond acceptors (Lipinski definition) is 3. The molecule has 0 aliphatic carbocycles. The summed E-state index contributed by atoms with van der Waals surface area (Å²) in [4.78, 5) is 14.9. The molecular weight excluding hydrogens is 250 g/mol. The van der Waals surface area contributed by atoms with Crippen LogP contribution in [0.4, 0.5) is 0 Å². The van der Waals surface area contributed by atoms with Gasteiger partial charge in [0, 0.05) is 16.1 Å². The number of rotatable bonds is 1. The highest BCUT2D eigenvalue weighted by molar-refractivity contribution is 7.81. The minimum atomic E-state index is 0.136. The monoisotopic (exact) mass is 263 g/mol. The van der Waals surface area contributed by atoms with Crippen molar-refractivity contribution >= 4 is 40.0 Å². The number of carbonyl (C=O) groups excluding carboxylic acids is 1. The Morgan fingerprint density at radius 1 is 1.41 bits per heavy atom. The molecule has 1 aromatic carbocycles. The zero-order chi connectivity index (χ0) is 11.8. The Balaban J connectivity index is 2.00. The molecule has 1 aliphatic heterocycles. The van der Waals surface area contributed by atoms with E-state index in [9.17, 15) is 4.79 Å². The highest BCUT2D eigenvalue weighted by Crippen LogP contribution is 2.34. The van der Waals surface area contributed by atoms with E-state index in [4.69, 9.17) is 0 Å². The first-order valence-corrected chi connectivity index (χ1v) is 7.12. The quantitative estimate of drug-likeness (QED) is 0.784. The zero-order valence-electron chi connectivity index (χ0n) is 9.35. The third kappa shape index (κ3) is 1.85. The molecule has 0 saturated carbocycles. The lowest BCUT2D eigenvalue weighted by molar-refractivity contribution is -0.129. The summed E-state index contributed by atoms with van der Waals surface area (Å²) >= 11 is 5.87. The van der Waals surface area contributed by atoms with Gasteiger partial charge in [0.1, 0.15) is 0 Å². The van der Waals surface area contributed by atoms with Gasteiger partial charge in [0.2, 0.25) is 5.91 Å². The van der Waals surface area contributed by atoms with E-state index in [0.717, 1.165) is 19.5 Å². The van der Waals surface area contributed by atoms with Crippen LogP contribution in [0.15, 0.2) is 24.3 Å². The summed E-state index contributed by atoms with van der Waals surface area (Å²) in [6.07, 6.45) is 0.971. The van der Waals surface area contributed by atoms with Gasteiger partial charge in [0.05, 0.1) is 12.3 Å². The first-order valence-electron chi connectivity index (χ1n) is 5.67. The Labute approximate surface area is 110 Å². The summed E-state index contributed by atoms with van der Waals surface area (Å²) in [5.74, 6) is 0.441. The lowest BCUT2D eigenvalue weighted by Gasteiger charge is -2.26. The summed E-state index contributed by atoms with van der Waals surface area (Å²) in [6.45, 7) is 1.58. The maximum absolute atomic E-state index is 11.6. The van der Waals surface area contributed by atoms with Crippen molar-refractivity contribution in [3.8, 4) is 0 Å². The largest absolute Gasteiger partial charge is 0.337 e. The molecule has 3 rings (SSSR count). The molecule has 4 heteroatoms. The number of nitrogens with zero attached hydrogens (tertiary/aromatic N) is 1. The maximum Gasteiger partial charge on any atom is 0.232 e. The average molecular weight is 263 g/mol. The summed E-state index contributed by atoms with van der Waals surface area (Å²) in [7, 11) is 0. The van der Waals surface area contributed by atoms with E-state index in [1.807, 2.05) is 16.2 Å². The average Bonchev–Trinajstić information content (AvgIpc) is 2.75. The van der Waals surface area contributed by atoms with Crippen LogP contribution in [-0.2, 0) is 17.8 Å². The van der Waals surface area contributed by atoms with Crippen LogP contribution >= 0.6 is 24.0 Å². The van der Waals surface area contributed by atoms with Crippen LogP contribution < -0.4 is 0 Å². The molecule has 2 aromatic rings. The summed E-state index contributed by atoms with van der Waals surface area (Å²) < 4.78 is 1.33. The lowest BCUT2D eigenvalue weighted by atomic mass is 10.0. The van der Waals surface area contributed by atoms with Gasteiger partial charge in [-0.15, -0.1) is 11.3 Å². The van der Waals surface area contributed by atoms with Crippen molar-refractivity contribution in [1.29, 1.82) is 0 Å². The molecule has 0 atom stereocenters. The van der Waals surface area contributed by atoms with Crippen molar-refractivity contribution in [3.05, 3.63) is 34.7 Å². The predicted molar refractivity (Wildman–Crippen MR) is 74.8 cm³/mol. The highest BCUT2D eigenvalue weighted by Gasteiger charge is 2.22. The Morgan fingerprint density at radius 2 is 2.24 bits per heavy atom. The van der Waals surface area contributed by atoms with Crippen LogP contribution in [0.25, 0.3) is 10.1 Å². The van der Waals surface area contributed by atoms with Crippen molar-refractivity contribution in [3.63, 3.8) is 0 Å². The molecule has 17 heavy (non-hydrogen) atoms. The predicted octanol–water partition coefficient (Wildman–Crippen LogP) is 2.72. The van der Waals surface area contributed by atoms with Gasteiger partial charge in [0.25, 0.3) is 0 Å². The third-order valence-corrected chi connectivity index (χ3v) is 4.70. The van der Waals surface area contributed by atoms with Crippen molar-refractivity contribution in [2.75, 3.05) is 12.3 Å². The van der Waals surface area contributed by atoms with Gasteiger partial charge in [0.15, 0.2) is 0 Å². The summed E-state index contributed by atoms with van der Waals surface area (Å²) in [5.41, 5.74) is 1.44. The molecule has 88 valence electrons. The van der Waals surface area contributed by atoms with Crippen LogP contribution in [0, 0.1) is 0 Å². The normalized spacial score (nSPS) is 15.0. The Morgan fingerprint density at radius 3 is 3.06 bits per heavy atom. The standard InChI is InChI=1S/C13H13NOS2/c15-13(8-16)14-6-5-10-9-3-1-2-4-11(9)17-12(10)7-14/h1-4,16H,5-8H2. The number of fused-ring (bicyclic) bond motifs is 3. The summed E-state index contributed by atoms with van der Waals surface area (Å²) in [6, 6.07) is 8.49. The van der Waals surface area contributed by atoms with E-state index in [2.05, 4.69) is 36.9 Å². The van der Waals surface area contributed by atoms with Crippen molar-refractivity contribution in [2.45, 2.75) is 13.0 Å². The minimum Gasteiger partial charge on any atom is -0.337 e. The first-order chi connectivity index (χ1) is 8.29. The van der Waals surface area contributed by atoms with Crippen molar-refractivity contribution in [1.82, 2.24) is 4.90 Å². The smallest absolute Gasteiger partial charge is 0.232 e. The molecule has 2 heterocycles. The number of amides is 1. The molecule has 0 unspecified atom stereocenters. The van der Waals surface area contributed by atoms with Gasteiger partial charge in [-0.3, -0.25) is 4.79 Å². The van der Waals surface area contributed by atoms with E-state index in [1.54, 1.807) is 0 Å². The number of thiol groups is 1. The Kier molecular flexibility index (Phi) is 2.84. The van der Waals surface area contributed by atoms with Gasteiger partial charge < -0.3 is 4.90 Å². The second-order valence-electron chi connectivity index (χ2n) is 4.22. The van der Waals surface area contributed by atoms with Crippen molar-refractivity contribution < 1.29 is 4.79 Å². The van der Waals surface area contributed by atoms with Gasteiger partial charge >= 0.3 is 0 Å². The molecule has 2 nitrogen and oxygen atoms in total. The van der Waals surface area contributed by atoms with E-state index in [-0.39, 0.29) is 5.91 Å². The van der Waals surface area contributed by atoms with Crippen LogP contribution in [0.5, 0.6) is 0 Å². The number of benzene rings is 1. The second kappa shape index (κ2) is 4.35. The molecule has 1 aliphatic rings. The fourth-order valence-electron chi connectivity index (χ4n) is 2.36. The number of hydrogen-bond donors (Lipinski definition) is 1. The Hall–Kier alpha value is -1.00. The molecular formula is C13H13NOS2. The molecule has 0 saturated heterocycles. The minimum absolute atomic E-state index is 0.136. The number of carbonyl (C=O) groups is 1. The molecule has 0 radical (unpaired) electrons. The van der Waals surface area contributed by atoms with E-state index in [0.29, 0.717) is 5.75 Å². The van der Waals surface area contributed by atoms with Crippen LogP contribution in [-0.4, -0.2) is 23.1 Å². The second-order valence-corrected chi connectivity index (χ2v) is 5.68. The topological polar surface area (TPSA) is 20.3 Å². The lowest BCUT2D eigenvalue weighted by Crippen LogP contribution is -2.36. The SMILES string of the molecule is O=C(CS)N1CCc2c(sc3ccccc23)C1. The van der Waals surface area contributed by atoms with Crippen molar-refractivity contribution in [2.24, 2.45) is 0 Å². The van der Waals surface area contributed by atoms with E-state index in [1.165, 1.54) is 20.5 Å². The molecule has 1 aromatic heterocycles. The molecule has 0 N–H and O–H groups in total. The fourth-order valence-corrected chi connectivity index (χ4v) is 3.83. The third-order valence-electron chi connectivity index (χ3n) is 3.24. The molecule has 0 bridgehead atoms. The maximum atomic E-state index is 11.6. The van der Waals surface area contributed by atoms with Gasteiger partial charge in [-0.2, -0.15) is 12.6 Å². The van der Waals surface area contributed by atoms with Gasteiger partial charge in [-0.05, 0) is 23.4 Å². The highest BCUT2D eigenvalue weighted by atomic mass is 32.1. The fraction of sp³-hybridized carbons (Fsp3) is 0.308. The van der Waals surface area contributed by atoms with Crippen LogP contribution in [0.2, 0.25) is 0 Å². The van der Waals surface area contributed by atoms with Crippen LogP contribution in [0.1, 0.15) is 10.4 Å². The van der Waals surface area contributed by atoms with Gasteiger partial charge in [-0.1, -0.05) is 18.2 Å². The number of thiophene rings is 1. The van der Waals surface area contributed by atoms with Crippen LogP contribution in [0.3, 0.4) is 0 Å². The summed E-state index contributed by atoms with van der Waals surface area (Å²) in [5, 5.41) is 1.37. The Bertz CT molecular complexity index is 576. The van der Waals surface area contributed by atoms with E-state index < -0.39 is 0 Å². The molecule has 1 amide bonds. The molecule has 0 spiro atoms. The zero-order valence-corrected chi connectivity index (χ0v) is 11.1.